The summed E-state index contributed by atoms with van der Waals surface area (Å²) in [5, 5.41) is 15.2. The van der Waals surface area contributed by atoms with Crippen LogP contribution in [0.1, 0.15) is 36.2 Å². The van der Waals surface area contributed by atoms with Gasteiger partial charge in [0.15, 0.2) is 10.8 Å². The Balaban J connectivity index is 1.93. The summed E-state index contributed by atoms with van der Waals surface area (Å²) in [6.45, 7) is 0. The Morgan fingerprint density at radius 2 is 2.47 bits per heavy atom. The Kier molecular flexibility index (Phi) is 4.28. The maximum absolute atomic E-state index is 10.7. The van der Waals surface area contributed by atoms with Gasteiger partial charge in [0.1, 0.15) is 0 Å². The molecule has 2 unspecified atom stereocenters. The molecule has 0 spiro atoms. The first kappa shape index (κ1) is 12.7. The highest BCUT2D eigenvalue weighted by Gasteiger charge is 2.22. The van der Waals surface area contributed by atoms with Crippen LogP contribution in [0, 0.1) is 0 Å². The predicted molar refractivity (Wildman–Crippen MR) is 72.3 cm³/mol. The molecule has 2 rings (SSSR count). The molecule has 2 N–H and O–H groups in total. The normalized spacial score (nSPS) is 24.5. The molecule has 0 amide bonds. The van der Waals surface area contributed by atoms with Gasteiger partial charge < -0.3 is 10.4 Å². The van der Waals surface area contributed by atoms with Gasteiger partial charge in [-0.1, -0.05) is 6.42 Å². The van der Waals surface area contributed by atoms with Crippen molar-refractivity contribution in [2.24, 2.45) is 0 Å². The fourth-order valence-electron chi connectivity index (χ4n) is 2.10. The van der Waals surface area contributed by atoms with Gasteiger partial charge in [-0.25, -0.2) is 9.78 Å². The number of rotatable bonds is 4. The van der Waals surface area contributed by atoms with Crippen LogP contribution in [0.4, 0.5) is 5.13 Å². The summed E-state index contributed by atoms with van der Waals surface area (Å²) >= 11 is 3.29. The first-order valence-electron chi connectivity index (χ1n) is 5.67. The molecule has 1 fully saturated rings. The van der Waals surface area contributed by atoms with E-state index >= 15 is 0 Å². The SMILES string of the molecule is CSC1CCCC(Nc2nc(C(=O)O)cs2)C1. The van der Waals surface area contributed by atoms with Crippen molar-refractivity contribution < 1.29 is 9.90 Å². The molecule has 6 heteroatoms. The lowest BCUT2D eigenvalue weighted by atomic mass is 9.95. The second kappa shape index (κ2) is 5.73. The Morgan fingerprint density at radius 1 is 1.65 bits per heavy atom. The van der Waals surface area contributed by atoms with E-state index in [-0.39, 0.29) is 5.69 Å². The summed E-state index contributed by atoms with van der Waals surface area (Å²) in [5.74, 6) is -0.958. The van der Waals surface area contributed by atoms with Crippen LogP contribution in [0.2, 0.25) is 0 Å². The molecule has 1 aromatic heterocycles. The zero-order chi connectivity index (χ0) is 12.3. The van der Waals surface area contributed by atoms with Gasteiger partial charge in [-0.05, 0) is 25.5 Å². The van der Waals surface area contributed by atoms with Crippen molar-refractivity contribution in [2.45, 2.75) is 37.0 Å². The Labute approximate surface area is 109 Å². The molecular formula is C11H16N2O2S2. The lowest BCUT2D eigenvalue weighted by Gasteiger charge is -2.28. The zero-order valence-corrected chi connectivity index (χ0v) is 11.3. The number of nitrogens with one attached hydrogen (secondary N) is 1. The first-order chi connectivity index (χ1) is 8.19. The van der Waals surface area contributed by atoms with Crippen LogP contribution in [0.25, 0.3) is 0 Å². The molecule has 0 bridgehead atoms. The number of carboxylic acid groups (broad SMARTS) is 1. The third-order valence-electron chi connectivity index (χ3n) is 3.01. The number of hydrogen-bond acceptors (Lipinski definition) is 5. The first-order valence-corrected chi connectivity index (χ1v) is 7.84. The smallest absolute Gasteiger partial charge is 0.355 e. The molecule has 0 radical (unpaired) electrons. The minimum absolute atomic E-state index is 0.134. The monoisotopic (exact) mass is 272 g/mol. The highest BCUT2D eigenvalue weighted by Crippen LogP contribution is 2.29. The molecule has 0 aromatic carbocycles. The van der Waals surface area contributed by atoms with E-state index < -0.39 is 5.97 Å². The van der Waals surface area contributed by atoms with Gasteiger partial charge in [0.25, 0.3) is 0 Å². The van der Waals surface area contributed by atoms with E-state index in [4.69, 9.17) is 5.11 Å². The Morgan fingerprint density at radius 3 is 3.12 bits per heavy atom. The minimum atomic E-state index is -0.958. The zero-order valence-electron chi connectivity index (χ0n) is 9.68. The Hall–Kier alpha value is -0.750. The third kappa shape index (κ3) is 3.35. The standard InChI is InChI=1S/C11H16N2O2S2/c1-16-8-4-2-3-7(5-8)12-11-13-9(6-17-11)10(14)15/h6-8H,2-5H2,1H3,(H,12,13)(H,14,15). The molecule has 1 aliphatic carbocycles. The van der Waals surface area contributed by atoms with Crippen molar-refractivity contribution in [3.63, 3.8) is 0 Å². The van der Waals surface area contributed by atoms with Crippen LogP contribution in [0.5, 0.6) is 0 Å². The fraction of sp³-hybridized carbons (Fsp3) is 0.636. The maximum Gasteiger partial charge on any atom is 0.355 e. The number of aromatic nitrogens is 1. The second-order valence-electron chi connectivity index (χ2n) is 4.21. The van der Waals surface area contributed by atoms with E-state index in [1.165, 1.54) is 24.2 Å². The molecule has 1 saturated carbocycles. The molecule has 1 heterocycles. The van der Waals surface area contributed by atoms with Gasteiger partial charge in [-0.3, -0.25) is 0 Å². The van der Waals surface area contributed by atoms with Crippen LogP contribution < -0.4 is 5.32 Å². The highest BCUT2D eigenvalue weighted by molar-refractivity contribution is 7.99. The summed E-state index contributed by atoms with van der Waals surface area (Å²) in [7, 11) is 0. The van der Waals surface area contributed by atoms with Gasteiger partial charge in [-0.15, -0.1) is 11.3 Å². The second-order valence-corrected chi connectivity index (χ2v) is 6.20. The maximum atomic E-state index is 10.7. The van der Waals surface area contributed by atoms with Crippen LogP contribution in [0.15, 0.2) is 5.38 Å². The number of nitrogens with zero attached hydrogens (tertiary/aromatic N) is 1. The molecule has 17 heavy (non-hydrogen) atoms. The van der Waals surface area contributed by atoms with Gasteiger partial charge in [-0.2, -0.15) is 11.8 Å². The van der Waals surface area contributed by atoms with E-state index in [2.05, 4.69) is 16.6 Å². The number of anilines is 1. The number of carbonyl (C=O) groups is 1. The number of hydrogen-bond donors (Lipinski definition) is 2. The van der Waals surface area contributed by atoms with Gasteiger partial charge in [0.2, 0.25) is 0 Å². The van der Waals surface area contributed by atoms with Crippen molar-refractivity contribution >= 4 is 34.2 Å². The van der Waals surface area contributed by atoms with Gasteiger partial charge >= 0.3 is 5.97 Å². The predicted octanol–water partition coefficient (Wildman–Crippen LogP) is 2.93. The molecule has 94 valence electrons. The van der Waals surface area contributed by atoms with Gasteiger partial charge in [0, 0.05) is 16.7 Å². The number of thioether (sulfide) groups is 1. The lowest BCUT2D eigenvalue weighted by Crippen LogP contribution is -2.28. The van der Waals surface area contributed by atoms with Crippen molar-refractivity contribution in [1.82, 2.24) is 4.98 Å². The molecule has 4 nitrogen and oxygen atoms in total. The molecule has 1 aliphatic rings. The van der Waals surface area contributed by atoms with E-state index in [0.717, 1.165) is 23.2 Å². The van der Waals surface area contributed by atoms with Crippen molar-refractivity contribution in [1.29, 1.82) is 0 Å². The van der Waals surface area contributed by atoms with Crippen LogP contribution in [-0.2, 0) is 0 Å². The molecule has 0 aliphatic heterocycles. The summed E-state index contributed by atoms with van der Waals surface area (Å²) in [4.78, 5) is 14.8. The molecule has 1 aromatic rings. The van der Waals surface area contributed by atoms with Crippen LogP contribution in [-0.4, -0.2) is 33.6 Å². The highest BCUT2D eigenvalue weighted by atomic mass is 32.2. The van der Waals surface area contributed by atoms with Crippen LogP contribution >= 0.6 is 23.1 Å². The summed E-state index contributed by atoms with van der Waals surface area (Å²) in [5.41, 5.74) is 0.134. The summed E-state index contributed by atoms with van der Waals surface area (Å²) < 4.78 is 0. The van der Waals surface area contributed by atoms with E-state index in [1.54, 1.807) is 5.38 Å². The van der Waals surface area contributed by atoms with Crippen molar-refractivity contribution in [3.05, 3.63) is 11.1 Å². The average molecular weight is 272 g/mol. The topological polar surface area (TPSA) is 62.2 Å². The lowest BCUT2D eigenvalue weighted by molar-refractivity contribution is 0.0691. The number of thiazole rings is 1. The molecular weight excluding hydrogens is 256 g/mol. The average Bonchev–Trinajstić information content (AvgIpc) is 2.78. The summed E-state index contributed by atoms with van der Waals surface area (Å²) in [6, 6.07) is 0.439. The van der Waals surface area contributed by atoms with Gasteiger partial charge in [0.05, 0.1) is 0 Å². The van der Waals surface area contributed by atoms with Crippen molar-refractivity contribution in [2.75, 3.05) is 11.6 Å². The van der Waals surface area contributed by atoms with E-state index in [1.807, 2.05) is 11.8 Å². The summed E-state index contributed by atoms with van der Waals surface area (Å²) in [6.07, 6.45) is 6.97. The quantitative estimate of drug-likeness (QED) is 0.882. The van der Waals surface area contributed by atoms with Crippen molar-refractivity contribution in [3.8, 4) is 0 Å². The largest absolute Gasteiger partial charge is 0.476 e. The van der Waals surface area contributed by atoms with E-state index in [0.29, 0.717) is 6.04 Å². The van der Waals surface area contributed by atoms with Crippen LogP contribution in [0.3, 0.4) is 0 Å². The fourth-order valence-corrected chi connectivity index (χ4v) is 3.69. The third-order valence-corrected chi connectivity index (χ3v) is 4.88. The molecule has 2 atom stereocenters. The number of carboxylic acids is 1. The Bertz CT molecular complexity index is 395. The number of aromatic carboxylic acids is 1. The minimum Gasteiger partial charge on any atom is -0.476 e. The van der Waals surface area contributed by atoms with E-state index in [9.17, 15) is 4.79 Å². The molecule has 0 saturated heterocycles.